The summed E-state index contributed by atoms with van der Waals surface area (Å²) in [6.07, 6.45) is -5.60. The van der Waals surface area contributed by atoms with Gasteiger partial charge in [0.05, 0.1) is 10.9 Å². The van der Waals surface area contributed by atoms with Crippen LogP contribution in [0.2, 0.25) is 5.02 Å². The number of pyridine rings is 1. The van der Waals surface area contributed by atoms with Gasteiger partial charge < -0.3 is 24.8 Å². The third kappa shape index (κ3) is 3.35. The molecule has 1 aromatic heterocycles. The topological polar surface area (TPSA) is 109 Å². The van der Waals surface area contributed by atoms with E-state index in [4.69, 9.17) is 16.3 Å². The first-order valence-electron chi connectivity index (χ1n) is 10.4. The van der Waals surface area contributed by atoms with E-state index in [1.165, 1.54) is 24.4 Å². The van der Waals surface area contributed by atoms with Crippen LogP contribution in [-0.2, 0) is 16.0 Å². The van der Waals surface area contributed by atoms with Gasteiger partial charge in [0.2, 0.25) is 0 Å². The maximum Gasteiger partial charge on any atom is 0.573 e. The molecule has 3 N–H and O–H groups in total. The van der Waals surface area contributed by atoms with Crippen molar-refractivity contribution >= 4 is 17.6 Å². The van der Waals surface area contributed by atoms with Crippen LogP contribution in [0.4, 0.5) is 13.2 Å². The molecule has 11 heteroatoms. The predicted molar refractivity (Wildman–Crippen MR) is 115 cm³/mol. The number of fused-ring (bicyclic) bond motifs is 3. The van der Waals surface area contributed by atoms with Crippen LogP contribution in [-0.4, -0.2) is 38.7 Å². The Morgan fingerprint density at radius 2 is 1.77 bits per heavy atom. The molecule has 5 rings (SSSR count). The fourth-order valence-electron chi connectivity index (χ4n) is 5.31. The molecule has 1 aliphatic heterocycles. The van der Waals surface area contributed by atoms with Crippen LogP contribution >= 0.6 is 11.6 Å². The maximum absolute atomic E-state index is 12.7. The summed E-state index contributed by atoms with van der Waals surface area (Å²) in [4.78, 5) is 16.6. The molecule has 5 atom stereocenters. The Morgan fingerprint density at radius 1 is 1.11 bits per heavy atom. The highest BCUT2D eigenvalue weighted by molar-refractivity contribution is 6.30. The third-order valence-corrected chi connectivity index (χ3v) is 6.75. The van der Waals surface area contributed by atoms with Gasteiger partial charge in [-0.3, -0.25) is 9.78 Å². The van der Waals surface area contributed by atoms with Gasteiger partial charge in [-0.15, -0.1) is 13.2 Å². The first kappa shape index (κ1) is 23.4. The molecule has 2 aliphatic rings. The second-order valence-electron chi connectivity index (χ2n) is 8.37. The summed E-state index contributed by atoms with van der Waals surface area (Å²) in [5.74, 6) is -4.64. The van der Waals surface area contributed by atoms with E-state index in [1.807, 2.05) is 0 Å². The van der Waals surface area contributed by atoms with Crippen LogP contribution < -0.4 is 9.47 Å². The normalized spacial score (nSPS) is 29.3. The fraction of sp³-hybridized carbons (Fsp3) is 0.250. The number of halogens is 4. The molecule has 1 aliphatic carbocycles. The zero-order chi connectivity index (χ0) is 25.2. The number of hydrogen-bond acceptors (Lipinski definition) is 6. The molecule has 0 spiro atoms. The SMILES string of the molecule is O=C(O)[C@H]1[C@@H](O)[C@@]2(O)c3ncc(Cl)cc3O[C@@]2(c2ccc(OC(F)(F)F)cc2)[C@@H]1c1ccccc1. The number of carboxylic acid groups (broad SMARTS) is 1. The van der Waals surface area contributed by atoms with E-state index in [0.29, 0.717) is 5.56 Å². The minimum atomic E-state index is -4.92. The maximum atomic E-state index is 12.7. The van der Waals surface area contributed by atoms with Crippen molar-refractivity contribution in [2.45, 2.75) is 29.6 Å². The Labute approximate surface area is 201 Å². The van der Waals surface area contributed by atoms with Gasteiger partial charge in [-0.25, -0.2) is 0 Å². The predicted octanol–water partition coefficient (Wildman–Crippen LogP) is 3.97. The average molecular weight is 508 g/mol. The number of aliphatic hydroxyl groups excluding tert-OH is 1. The Bertz CT molecular complexity index is 1290. The van der Waals surface area contributed by atoms with Gasteiger partial charge in [0.1, 0.15) is 23.3 Å². The van der Waals surface area contributed by atoms with E-state index in [2.05, 4.69) is 9.72 Å². The van der Waals surface area contributed by atoms with E-state index in [-0.39, 0.29) is 22.0 Å². The Balaban J connectivity index is 1.78. The first-order chi connectivity index (χ1) is 16.5. The van der Waals surface area contributed by atoms with Crippen LogP contribution in [0.5, 0.6) is 11.5 Å². The van der Waals surface area contributed by atoms with E-state index >= 15 is 0 Å². The van der Waals surface area contributed by atoms with Gasteiger partial charge in [-0.1, -0.05) is 54.1 Å². The lowest BCUT2D eigenvalue weighted by atomic mass is 9.71. The standard InChI is InChI=1S/C24H17ClF3NO6/c25-14-10-16-19(29-11-14)22(33)20(30)17(21(31)32)18(12-4-2-1-3-5-12)23(22,35-16)13-6-8-15(9-7-13)34-24(26,27)28/h1-11,17-18,20,30,33H,(H,31,32)/t17-,18-,20-,22+,23+/m1/s1. The summed E-state index contributed by atoms with van der Waals surface area (Å²) >= 11 is 6.06. The molecular formula is C24H17ClF3NO6. The van der Waals surface area contributed by atoms with E-state index < -0.39 is 47.2 Å². The molecule has 0 amide bonds. The summed E-state index contributed by atoms with van der Waals surface area (Å²) in [5, 5.41) is 33.7. The summed E-state index contributed by atoms with van der Waals surface area (Å²) in [5.41, 5.74) is -3.96. The average Bonchev–Trinajstić information content (AvgIpc) is 3.16. The number of hydrogen-bond donors (Lipinski definition) is 3. The molecule has 2 heterocycles. The molecule has 1 saturated carbocycles. The van der Waals surface area contributed by atoms with E-state index in [1.54, 1.807) is 30.3 Å². The highest BCUT2D eigenvalue weighted by Crippen LogP contribution is 2.68. The molecule has 0 unspecified atom stereocenters. The van der Waals surface area contributed by atoms with Crippen molar-refractivity contribution in [2.75, 3.05) is 0 Å². The lowest BCUT2D eigenvalue weighted by Gasteiger charge is -2.40. The van der Waals surface area contributed by atoms with E-state index in [9.17, 15) is 33.3 Å². The van der Waals surface area contributed by atoms with Gasteiger partial charge in [0, 0.05) is 18.2 Å². The summed E-state index contributed by atoms with van der Waals surface area (Å²) < 4.78 is 48.3. The van der Waals surface area contributed by atoms with Crippen LogP contribution in [0.25, 0.3) is 0 Å². The van der Waals surface area contributed by atoms with Crippen molar-refractivity contribution in [3.8, 4) is 11.5 Å². The minimum Gasteiger partial charge on any atom is -0.481 e. The quantitative estimate of drug-likeness (QED) is 0.490. The second-order valence-corrected chi connectivity index (χ2v) is 8.81. The van der Waals surface area contributed by atoms with Gasteiger partial charge in [-0.05, 0) is 23.3 Å². The molecule has 0 bridgehead atoms. The number of nitrogens with zero attached hydrogens (tertiary/aromatic N) is 1. The Hall–Kier alpha value is -3.34. The number of carbonyl (C=O) groups is 1. The summed E-state index contributed by atoms with van der Waals surface area (Å²) in [6.45, 7) is 0. The fourth-order valence-corrected chi connectivity index (χ4v) is 5.46. The lowest BCUT2D eigenvalue weighted by molar-refractivity contribution is -0.274. The van der Waals surface area contributed by atoms with Gasteiger partial charge in [-0.2, -0.15) is 0 Å². The van der Waals surface area contributed by atoms with Crippen LogP contribution in [0.15, 0.2) is 66.9 Å². The molecule has 182 valence electrons. The van der Waals surface area contributed by atoms with Gasteiger partial charge in [0.25, 0.3) is 0 Å². The van der Waals surface area contributed by atoms with Crippen molar-refractivity contribution in [1.82, 2.24) is 4.98 Å². The highest BCUT2D eigenvalue weighted by Gasteiger charge is 2.78. The number of benzene rings is 2. The highest BCUT2D eigenvalue weighted by atomic mass is 35.5. The lowest BCUT2D eigenvalue weighted by Crippen LogP contribution is -2.52. The zero-order valence-corrected chi connectivity index (χ0v) is 18.4. The van der Waals surface area contributed by atoms with Gasteiger partial charge >= 0.3 is 12.3 Å². The molecule has 7 nitrogen and oxygen atoms in total. The summed E-state index contributed by atoms with van der Waals surface area (Å²) in [6, 6.07) is 14.1. The van der Waals surface area contributed by atoms with Gasteiger partial charge in [0.15, 0.2) is 11.2 Å². The van der Waals surface area contributed by atoms with Crippen molar-refractivity contribution in [3.05, 3.63) is 88.7 Å². The number of aliphatic carboxylic acids is 1. The number of alkyl halides is 3. The number of carboxylic acids is 1. The third-order valence-electron chi connectivity index (χ3n) is 6.54. The monoisotopic (exact) mass is 507 g/mol. The molecule has 35 heavy (non-hydrogen) atoms. The van der Waals surface area contributed by atoms with Crippen molar-refractivity contribution in [1.29, 1.82) is 0 Å². The molecule has 2 aromatic carbocycles. The molecule has 0 radical (unpaired) electrons. The number of aliphatic hydroxyl groups is 2. The van der Waals surface area contributed by atoms with Crippen LogP contribution in [0, 0.1) is 5.92 Å². The second kappa shape index (κ2) is 7.84. The molecule has 0 saturated heterocycles. The first-order valence-corrected chi connectivity index (χ1v) is 10.8. The number of rotatable bonds is 4. The van der Waals surface area contributed by atoms with Crippen molar-refractivity contribution in [3.63, 3.8) is 0 Å². The largest absolute Gasteiger partial charge is 0.573 e. The van der Waals surface area contributed by atoms with Crippen molar-refractivity contribution < 1.29 is 42.8 Å². The summed E-state index contributed by atoms with van der Waals surface area (Å²) in [7, 11) is 0. The molecule has 3 aromatic rings. The Kier molecular flexibility index (Phi) is 5.24. The van der Waals surface area contributed by atoms with Crippen molar-refractivity contribution in [2.24, 2.45) is 5.92 Å². The zero-order valence-electron chi connectivity index (χ0n) is 17.6. The molecular weight excluding hydrogens is 491 g/mol. The van der Waals surface area contributed by atoms with Crippen LogP contribution in [0.3, 0.4) is 0 Å². The number of aromatic nitrogens is 1. The minimum absolute atomic E-state index is 0.0134. The smallest absolute Gasteiger partial charge is 0.481 e. The number of ether oxygens (including phenoxy) is 2. The Morgan fingerprint density at radius 3 is 2.37 bits per heavy atom. The molecule has 1 fully saturated rings. The van der Waals surface area contributed by atoms with Crippen LogP contribution in [0.1, 0.15) is 22.7 Å². The van der Waals surface area contributed by atoms with E-state index in [0.717, 1.165) is 12.1 Å².